The van der Waals surface area contributed by atoms with E-state index >= 15 is 0 Å². The number of fused-ring (bicyclic) bond motifs is 1. The molecular formula is C23H21N3S. The molecule has 0 saturated carbocycles. The van der Waals surface area contributed by atoms with Crippen molar-refractivity contribution in [1.82, 2.24) is 4.98 Å². The fourth-order valence-corrected chi connectivity index (χ4v) is 3.92. The molecule has 4 rings (SSSR count). The van der Waals surface area contributed by atoms with Gasteiger partial charge in [-0.15, -0.1) is 11.3 Å². The summed E-state index contributed by atoms with van der Waals surface area (Å²) in [5, 5.41) is 1.05. The molecule has 27 heavy (non-hydrogen) atoms. The van der Waals surface area contributed by atoms with Gasteiger partial charge in [0.1, 0.15) is 5.01 Å². The van der Waals surface area contributed by atoms with Gasteiger partial charge in [0.05, 0.1) is 15.9 Å². The topological polar surface area (TPSA) is 28.5 Å². The fraction of sp³-hybridized carbons (Fsp3) is 0.130. The predicted octanol–water partition coefficient (Wildman–Crippen LogP) is 6.09. The van der Waals surface area contributed by atoms with Crippen LogP contribution in [0.15, 0.2) is 71.7 Å². The summed E-state index contributed by atoms with van der Waals surface area (Å²) in [4.78, 5) is 11.4. The first-order valence-electron chi connectivity index (χ1n) is 8.87. The molecule has 0 unspecified atom stereocenters. The van der Waals surface area contributed by atoms with Gasteiger partial charge in [-0.25, -0.2) is 4.98 Å². The van der Waals surface area contributed by atoms with Gasteiger partial charge in [-0.2, -0.15) is 0 Å². The van der Waals surface area contributed by atoms with Crippen LogP contribution in [-0.2, 0) is 0 Å². The molecule has 1 aromatic heterocycles. The van der Waals surface area contributed by atoms with Crippen LogP contribution < -0.4 is 4.90 Å². The maximum Gasteiger partial charge on any atom is 0.124 e. The second kappa shape index (κ2) is 7.33. The number of aryl methyl sites for hydroxylation is 1. The highest BCUT2D eigenvalue weighted by Gasteiger charge is 2.06. The Hall–Kier alpha value is -2.98. The second-order valence-corrected chi connectivity index (χ2v) is 7.81. The standard InChI is InChI=1S/C23H21N3S/c1-16-4-13-21-22(14-16)27-23(25-21)18-7-9-19(10-8-18)24-15-17-5-11-20(12-6-17)26(2)3/h4-15H,1-3H3. The third kappa shape index (κ3) is 3.91. The SMILES string of the molecule is Cc1ccc2nc(-c3ccc(N=Cc4ccc(N(C)C)cc4)cc3)sc2c1. The highest BCUT2D eigenvalue weighted by atomic mass is 32.1. The Bertz CT molecular complexity index is 1090. The average molecular weight is 372 g/mol. The molecule has 0 amide bonds. The smallest absolute Gasteiger partial charge is 0.124 e. The minimum atomic E-state index is 0.937. The summed E-state index contributed by atoms with van der Waals surface area (Å²) in [5.41, 5.74) is 6.66. The summed E-state index contributed by atoms with van der Waals surface area (Å²) in [6.07, 6.45) is 1.90. The molecule has 0 aliphatic rings. The van der Waals surface area contributed by atoms with E-state index in [2.05, 4.69) is 71.4 Å². The van der Waals surface area contributed by atoms with E-state index in [0.717, 1.165) is 27.3 Å². The highest BCUT2D eigenvalue weighted by Crippen LogP contribution is 2.31. The Kier molecular flexibility index (Phi) is 4.73. The molecule has 134 valence electrons. The monoisotopic (exact) mass is 371 g/mol. The zero-order chi connectivity index (χ0) is 18.8. The van der Waals surface area contributed by atoms with Gasteiger partial charge in [0.15, 0.2) is 0 Å². The molecule has 0 radical (unpaired) electrons. The molecule has 0 bridgehead atoms. The average Bonchev–Trinajstić information content (AvgIpc) is 3.10. The Morgan fingerprint density at radius 2 is 1.67 bits per heavy atom. The molecule has 0 spiro atoms. The van der Waals surface area contributed by atoms with Crippen LogP contribution in [0.4, 0.5) is 11.4 Å². The van der Waals surface area contributed by atoms with Crippen molar-refractivity contribution < 1.29 is 0 Å². The summed E-state index contributed by atoms with van der Waals surface area (Å²) in [6, 6.07) is 23.0. The molecule has 3 aromatic carbocycles. The molecule has 4 heteroatoms. The maximum atomic E-state index is 4.75. The van der Waals surface area contributed by atoms with Crippen molar-refractivity contribution in [1.29, 1.82) is 0 Å². The van der Waals surface area contributed by atoms with E-state index in [0.29, 0.717) is 0 Å². The lowest BCUT2D eigenvalue weighted by molar-refractivity contribution is 1.13. The Morgan fingerprint density at radius 1 is 0.926 bits per heavy atom. The van der Waals surface area contributed by atoms with Gasteiger partial charge in [-0.1, -0.05) is 18.2 Å². The van der Waals surface area contributed by atoms with Crippen molar-refractivity contribution in [2.45, 2.75) is 6.92 Å². The lowest BCUT2D eigenvalue weighted by atomic mass is 10.2. The maximum absolute atomic E-state index is 4.75. The number of aliphatic imine (C=N–C) groups is 1. The molecule has 0 saturated heterocycles. The van der Waals surface area contributed by atoms with Gasteiger partial charge >= 0.3 is 0 Å². The quantitative estimate of drug-likeness (QED) is 0.406. The van der Waals surface area contributed by atoms with E-state index in [-0.39, 0.29) is 0 Å². The molecular weight excluding hydrogens is 350 g/mol. The number of hydrogen-bond acceptors (Lipinski definition) is 4. The van der Waals surface area contributed by atoms with E-state index in [1.54, 1.807) is 11.3 Å². The largest absolute Gasteiger partial charge is 0.378 e. The second-order valence-electron chi connectivity index (χ2n) is 6.78. The van der Waals surface area contributed by atoms with Crippen LogP contribution >= 0.6 is 11.3 Å². The molecule has 4 aromatic rings. The number of rotatable bonds is 4. The Morgan fingerprint density at radius 3 is 2.37 bits per heavy atom. The van der Waals surface area contributed by atoms with Gasteiger partial charge in [0, 0.05) is 31.6 Å². The number of benzene rings is 3. The number of thiazole rings is 1. The minimum absolute atomic E-state index is 0.937. The minimum Gasteiger partial charge on any atom is -0.378 e. The van der Waals surface area contributed by atoms with Gasteiger partial charge in [-0.3, -0.25) is 4.99 Å². The number of nitrogens with zero attached hydrogens (tertiary/aromatic N) is 3. The molecule has 0 atom stereocenters. The van der Waals surface area contributed by atoms with Crippen LogP contribution in [0.25, 0.3) is 20.8 Å². The van der Waals surface area contributed by atoms with Gasteiger partial charge in [0.25, 0.3) is 0 Å². The van der Waals surface area contributed by atoms with Gasteiger partial charge < -0.3 is 4.90 Å². The molecule has 0 aliphatic carbocycles. The first-order chi connectivity index (χ1) is 13.1. The van der Waals surface area contributed by atoms with E-state index in [1.165, 1.54) is 16.0 Å². The first-order valence-corrected chi connectivity index (χ1v) is 9.69. The van der Waals surface area contributed by atoms with Crippen LogP contribution in [0, 0.1) is 6.92 Å². The van der Waals surface area contributed by atoms with Crippen molar-refractivity contribution in [2.24, 2.45) is 4.99 Å². The number of anilines is 1. The van der Waals surface area contributed by atoms with Gasteiger partial charge in [-0.05, 0) is 66.6 Å². The fourth-order valence-electron chi connectivity index (χ4n) is 2.85. The Balaban J connectivity index is 1.52. The normalized spacial score (nSPS) is 11.4. The Labute approximate surface area is 163 Å². The predicted molar refractivity (Wildman–Crippen MR) is 118 cm³/mol. The third-order valence-corrected chi connectivity index (χ3v) is 5.50. The van der Waals surface area contributed by atoms with Crippen LogP contribution in [0.2, 0.25) is 0 Å². The van der Waals surface area contributed by atoms with E-state index in [9.17, 15) is 0 Å². The first kappa shape index (κ1) is 17.4. The summed E-state index contributed by atoms with van der Waals surface area (Å²) in [5.74, 6) is 0. The molecule has 0 fully saturated rings. The third-order valence-electron chi connectivity index (χ3n) is 4.43. The molecule has 1 heterocycles. The van der Waals surface area contributed by atoms with Gasteiger partial charge in [0.2, 0.25) is 0 Å². The lowest BCUT2D eigenvalue weighted by Gasteiger charge is -2.11. The molecule has 3 nitrogen and oxygen atoms in total. The molecule has 0 aliphatic heterocycles. The van der Waals surface area contributed by atoms with Crippen molar-refractivity contribution in [2.75, 3.05) is 19.0 Å². The summed E-state index contributed by atoms with van der Waals surface area (Å²) >= 11 is 1.73. The van der Waals surface area contributed by atoms with Crippen molar-refractivity contribution >= 4 is 39.1 Å². The van der Waals surface area contributed by atoms with E-state index in [4.69, 9.17) is 4.98 Å². The zero-order valence-electron chi connectivity index (χ0n) is 15.7. The molecule has 0 N–H and O–H groups in total. The van der Waals surface area contributed by atoms with Crippen LogP contribution in [-0.4, -0.2) is 25.3 Å². The summed E-state index contributed by atoms with van der Waals surface area (Å²) < 4.78 is 1.23. The number of hydrogen-bond donors (Lipinski definition) is 0. The van der Waals surface area contributed by atoms with Crippen molar-refractivity contribution in [3.8, 4) is 10.6 Å². The summed E-state index contributed by atoms with van der Waals surface area (Å²) in [7, 11) is 4.08. The summed E-state index contributed by atoms with van der Waals surface area (Å²) in [6.45, 7) is 2.11. The zero-order valence-corrected chi connectivity index (χ0v) is 16.5. The van der Waals surface area contributed by atoms with Crippen LogP contribution in [0.5, 0.6) is 0 Å². The number of aromatic nitrogens is 1. The van der Waals surface area contributed by atoms with E-state index in [1.807, 2.05) is 32.4 Å². The van der Waals surface area contributed by atoms with Crippen molar-refractivity contribution in [3.05, 3.63) is 77.9 Å². The lowest BCUT2D eigenvalue weighted by Crippen LogP contribution is -2.08. The van der Waals surface area contributed by atoms with Crippen LogP contribution in [0.3, 0.4) is 0 Å². The van der Waals surface area contributed by atoms with E-state index < -0.39 is 0 Å². The van der Waals surface area contributed by atoms with Crippen molar-refractivity contribution in [3.63, 3.8) is 0 Å². The van der Waals surface area contributed by atoms with Crippen LogP contribution in [0.1, 0.15) is 11.1 Å². The highest BCUT2D eigenvalue weighted by molar-refractivity contribution is 7.21.